The number of carbonyl (C=O) groups is 2. The summed E-state index contributed by atoms with van der Waals surface area (Å²) in [5.74, 6) is -0.850. The van der Waals surface area contributed by atoms with Gasteiger partial charge < -0.3 is 14.7 Å². The molecule has 2 amide bonds. The van der Waals surface area contributed by atoms with Gasteiger partial charge in [0.25, 0.3) is 5.91 Å². The summed E-state index contributed by atoms with van der Waals surface area (Å²) in [5, 5.41) is 6.29. The lowest BCUT2D eigenvalue weighted by Gasteiger charge is -2.23. The van der Waals surface area contributed by atoms with Gasteiger partial charge >= 0.3 is 0 Å². The van der Waals surface area contributed by atoms with Gasteiger partial charge in [-0.15, -0.1) is 13.2 Å². The second-order valence-electron chi connectivity index (χ2n) is 5.60. The van der Waals surface area contributed by atoms with Crippen LogP contribution >= 0.6 is 0 Å². The Morgan fingerprint density at radius 3 is 2.46 bits per heavy atom. The summed E-state index contributed by atoms with van der Waals surface area (Å²) >= 11 is 0. The van der Waals surface area contributed by atoms with Crippen molar-refractivity contribution in [1.82, 2.24) is 15.4 Å². The van der Waals surface area contributed by atoms with E-state index in [1.807, 2.05) is 0 Å². The first kappa shape index (κ1) is 19.1. The molecule has 26 heavy (non-hydrogen) atoms. The van der Waals surface area contributed by atoms with Crippen LogP contribution in [-0.4, -0.2) is 41.0 Å². The van der Waals surface area contributed by atoms with Crippen LogP contribution in [0.5, 0.6) is 0 Å². The highest BCUT2D eigenvalue weighted by Crippen LogP contribution is 2.20. The predicted octanol–water partition coefficient (Wildman–Crippen LogP) is 2.80. The number of rotatable bonds is 8. The quantitative estimate of drug-likeness (QED) is 0.737. The highest BCUT2D eigenvalue weighted by atomic mass is 19.1. The highest BCUT2D eigenvalue weighted by molar-refractivity contribution is 5.96. The molecule has 1 heterocycles. The molecule has 136 valence electrons. The molecule has 1 aromatic carbocycles. The van der Waals surface area contributed by atoms with E-state index in [0.29, 0.717) is 24.4 Å². The molecule has 1 atom stereocenters. The van der Waals surface area contributed by atoms with Crippen LogP contribution in [0.15, 0.2) is 60.2 Å². The summed E-state index contributed by atoms with van der Waals surface area (Å²) in [6, 6.07) is 6.29. The first-order valence-corrected chi connectivity index (χ1v) is 8.00. The Labute approximate surface area is 151 Å². The van der Waals surface area contributed by atoms with Crippen LogP contribution < -0.4 is 5.32 Å². The van der Waals surface area contributed by atoms with Gasteiger partial charge in [-0.3, -0.25) is 9.59 Å². The summed E-state index contributed by atoms with van der Waals surface area (Å²) in [6.07, 6.45) is 3.20. The van der Waals surface area contributed by atoms with Crippen LogP contribution in [0.3, 0.4) is 0 Å². The zero-order valence-corrected chi connectivity index (χ0v) is 14.4. The van der Waals surface area contributed by atoms with E-state index >= 15 is 0 Å². The summed E-state index contributed by atoms with van der Waals surface area (Å²) in [7, 11) is 0. The van der Waals surface area contributed by atoms with Gasteiger partial charge in [-0.25, -0.2) is 4.39 Å². The summed E-state index contributed by atoms with van der Waals surface area (Å²) < 4.78 is 18.1. The van der Waals surface area contributed by atoms with E-state index in [9.17, 15) is 14.0 Å². The number of amides is 2. The second-order valence-corrected chi connectivity index (χ2v) is 5.60. The van der Waals surface area contributed by atoms with E-state index in [-0.39, 0.29) is 17.4 Å². The molecule has 0 aliphatic rings. The Hall–Kier alpha value is -3.22. The van der Waals surface area contributed by atoms with Gasteiger partial charge in [0, 0.05) is 24.7 Å². The Balaban J connectivity index is 2.05. The predicted molar refractivity (Wildman–Crippen MR) is 95.8 cm³/mol. The Kier molecular flexibility index (Phi) is 6.43. The number of aromatic nitrogens is 1. The molecule has 0 radical (unpaired) electrons. The molecule has 0 saturated heterocycles. The molecule has 0 bridgehead atoms. The molecule has 1 N–H and O–H groups in total. The Morgan fingerprint density at radius 1 is 1.27 bits per heavy atom. The van der Waals surface area contributed by atoms with Gasteiger partial charge in [-0.1, -0.05) is 17.3 Å². The first-order valence-electron chi connectivity index (χ1n) is 8.00. The SMILES string of the molecule is C=CCN(CC=C)C(=O)C(C)NC(=O)c1cc(-c2ccc(F)cc2)on1. The molecular formula is C19H20FN3O3. The van der Waals surface area contributed by atoms with Gasteiger partial charge in [0.15, 0.2) is 11.5 Å². The molecule has 7 heteroatoms. The third kappa shape index (κ3) is 4.66. The van der Waals surface area contributed by atoms with E-state index in [2.05, 4.69) is 23.6 Å². The summed E-state index contributed by atoms with van der Waals surface area (Å²) in [4.78, 5) is 26.2. The van der Waals surface area contributed by atoms with Crippen LogP contribution in [0, 0.1) is 5.82 Å². The lowest BCUT2D eigenvalue weighted by atomic mass is 10.1. The fourth-order valence-electron chi connectivity index (χ4n) is 2.30. The molecule has 0 fully saturated rings. The zero-order valence-electron chi connectivity index (χ0n) is 14.4. The van der Waals surface area contributed by atoms with E-state index in [0.717, 1.165) is 0 Å². The first-order chi connectivity index (χ1) is 12.5. The van der Waals surface area contributed by atoms with Crippen molar-refractivity contribution in [2.24, 2.45) is 0 Å². The third-order valence-electron chi connectivity index (χ3n) is 3.60. The Morgan fingerprint density at radius 2 is 1.88 bits per heavy atom. The van der Waals surface area contributed by atoms with Crippen molar-refractivity contribution in [1.29, 1.82) is 0 Å². The van der Waals surface area contributed by atoms with Crippen molar-refractivity contribution in [2.45, 2.75) is 13.0 Å². The Bertz CT molecular complexity index is 789. The zero-order chi connectivity index (χ0) is 19.1. The van der Waals surface area contributed by atoms with Crippen molar-refractivity contribution in [3.63, 3.8) is 0 Å². The molecule has 1 unspecified atom stereocenters. The normalized spacial score (nSPS) is 11.5. The number of nitrogens with zero attached hydrogens (tertiary/aromatic N) is 2. The molecule has 0 aliphatic carbocycles. The average Bonchev–Trinajstić information content (AvgIpc) is 3.11. The average molecular weight is 357 g/mol. The fraction of sp³-hybridized carbons (Fsp3) is 0.211. The van der Waals surface area contributed by atoms with Gasteiger partial charge in [0.05, 0.1) is 0 Å². The smallest absolute Gasteiger partial charge is 0.274 e. The van der Waals surface area contributed by atoms with E-state index in [1.165, 1.54) is 35.2 Å². The lowest BCUT2D eigenvalue weighted by Crippen LogP contribution is -2.47. The minimum Gasteiger partial charge on any atom is -0.355 e. The fourth-order valence-corrected chi connectivity index (χ4v) is 2.30. The standard InChI is InChI=1S/C19H20FN3O3/c1-4-10-23(11-5-2)19(25)13(3)21-18(24)16-12-17(26-22-16)14-6-8-15(20)9-7-14/h4-9,12-13H,1-2,10-11H2,3H3,(H,21,24). The number of nitrogens with one attached hydrogen (secondary N) is 1. The van der Waals surface area contributed by atoms with E-state index in [4.69, 9.17) is 4.52 Å². The third-order valence-corrected chi connectivity index (χ3v) is 3.60. The van der Waals surface area contributed by atoms with Crippen molar-refractivity contribution >= 4 is 11.8 Å². The maximum absolute atomic E-state index is 13.0. The van der Waals surface area contributed by atoms with Crippen LogP contribution in [-0.2, 0) is 4.79 Å². The molecule has 0 saturated carbocycles. The van der Waals surface area contributed by atoms with Crippen LogP contribution in [0.25, 0.3) is 11.3 Å². The number of halogens is 1. The highest BCUT2D eigenvalue weighted by Gasteiger charge is 2.23. The van der Waals surface area contributed by atoms with Gasteiger partial charge in [-0.2, -0.15) is 0 Å². The largest absolute Gasteiger partial charge is 0.355 e. The van der Waals surface area contributed by atoms with Crippen molar-refractivity contribution in [2.75, 3.05) is 13.1 Å². The second kappa shape index (κ2) is 8.75. The van der Waals surface area contributed by atoms with E-state index in [1.54, 1.807) is 19.1 Å². The number of benzene rings is 1. The minimum absolute atomic E-state index is 0.0305. The van der Waals surface area contributed by atoms with Crippen molar-refractivity contribution in [3.8, 4) is 11.3 Å². The molecule has 2 aromatic rings. The van der Waals surface area contributed by atoms with Gasteiger partial charge in [0.1, 0.15) is 11.9 Å². The lowest BCUT2D eigenvalue weighted by molar-refractivity contribution is -0.131. The monoisotopic (exact) mass is 357 g/mol. The van der Waals surface area contributed by atoms with Crippen LogP contribution in [0.1, 0.15) is 17.4 Å². The maximum atomic E-state index is 13.0. The number of carbonyl (C=O) groups excluding carboxylic acids is 2. The summed E-state index contributed by atoms with van der Waals surface area (Å²) in [5.41, 5.74) is 0.619. The van der Waals surface area contributed by atoms with Gasteiger partial charge in [-0.05, 0) is 31.2 Å². The topological polar surface area (TPSA) is 75.4 Å². The molecule has 1 aromatic heterocycles. The molecule has 2 rings (SSSR count). The van der Waals surface area contributed by atoms with Crippen molar-refractivity contribution < 1.29 is 18.5 Å². The van der Waals surface area contributed by atoms with Crippen LogP contribution in [0.2, 0.25) is 0 Å². The molecular weight excluding hydrogens is 337 g/mol. The molecule has 6 nitrogen and oxygen atoms in total. The molecule has 0 spiro atoms. The number of hydrogen-bond acceptors (Lipinski definition) is 4. The minimum atomic E-state index is -0.756. The van der Waals surface area contributed by atoms with E-state index < -0.39 is 11.9 Å². The summed E-state index contributed by atoms with van der Waals surface area (Å²) in [6.45, 7) is 9.50. The number of hydrogen-bond donors (Lipinski definition) is 1. The van der Waals surface area contributed by atoms with Crippen molar-refractivity contribution in [3.05, 3.63) is 67.2 Å². The molecule has 0 aliphatic heterocycles. The van der Waals surface area contributed by atoms with Gasteiger partial charge in [0.2, 0.25) is 5.91 Å². The van der Waals surface area contributed by atoms with Crippen LogP contribution in [0.4, 0.5) is 4.39 Å². The maximum Gasteiger partial charge on any atom is 0.274 e.